The Balaban J connectivity index is 2.04. The van der Waals surface area contributed by atoms with Gasteiger partial charge in [-0.15, -0.1) is 0 Å². The molecule has 4 rings (SSSR count). The van der Waals surface area contributed by atoms with Gasteiger partial charge in [-0.3, -0.25) is 0 Å². The number of fused-ring (bicyclic) bond motifs is 3. The van der Waals surface area contributed by atoms with E-state index in [-0.39, 0.29) is 0 Å². The molecule has 2 aromatic carbocycles. The van der Waals surface area contributed by atoms with Gasteiger partial charge in [-0.05, 0) is 17.7 Å². The standard InChI is InChI=1S/C18H10BrS/c19-13-6-3-5-12(11-13)14-8-4-9-16-15-7-1-2-10-17(15)20-18(14)16/h1,3-11H/q+1. The van der Waals surface area contributed by atoms with Crippen LogP contribution in [0.4, 0.5) is 0 Å². The van der Waals surface area contributed by atoms with Crippen molar-refractivity contribution in [2.24, 2.45) is 0 Å². The summed E-state index contributed by atoms with van der Waals surface area (Å²) in [6.07, 6.45) is 9.38. The summed E-state index contributed by atoms with van der Waals surface area (Å²) in [5.41, 5.74) is 3.87. The molecule has 3 aromatic rings. The minimum absolute atomic E-state index is 1.11. The fourth-order valence-electron chi connectivity index (χ4n) is 2.57. The van der Waals surface area contributed by atoms with Gasteiger partial charge in [-0.2, -0.15) is 0 Å². The van der Waals surface area contributed by atoms with Gasteiger partial charge in [0.15, 0.2) is 0 Å². The van der Waals surface area contributed by atoms with E-state index in [1.807, 2.05) is 17.4 Å². The third kappa shape index (κ3) is 1.85. The largest absolute Gasteiger partial charge is 0.148 e. The fourth-order valence-corrected chi connectivity index (χ4v) is 4.19. The van der Waals surface area contributed by atoms with Crippen LogP contribution in [0.5, 0.6) is 0 Å². The van der Waals surface area contributed by atoms with E-state index in [2.05, 4.69) is 76.6 Å². The van der Waals surface area contributed by atoms with E-state index in [4.69, 9.17) is 0 Å². The molecule has 94 valence electrons. The predicted octanol–water partition coefficient (Wildman–Crippen LogP) is 6.17. The van der Waals surface area contributed by atoms with Gasteiger partial charge in [-0.25, -0.2) is 0 Å². The summed E-state index contributed by atoms with van der Waals surface area (Å²) in [5, 5.41) is 1.33. The smallest absolute Gasteiger partial charge is 0.0644 e. The summed E-state index contributed by atoms with van der Waals surface area (Å²) < 4.78 is 2.46. The van der Waals surface area contributed by atoms with Gasteiger partial charge in [0.1, 0.15) is 22.6 Å². The lowest BCUT2D eigenvalue weighted by atomic mass is 10.0. The summed E-state index contributed by atoms with van der Waals surface area (Å²) in [5.74, 6) is 0. The summed E-state index contributed by atoms with van der Waals surface area (Å²) in [7, 11) is 0. The first-order chi connectivity index (χ1) is 9.83. The van der Waals surface area contributed by atoms with Crippen molar-refractivity contribution in [2.45, 2.75) is 0 Å². The van der Waals surface area contributed by atoms with Crippen molar-refractivity contribution >= 4 is 49.5 Å². The molecule has 0 amide bonds. The Labute approximate surface area is 130 Å². The van der Waals surface area contributed by atoms with Crippen LogP contribution in [0.25, 0.3) is 33.4 Å². The average molecular weight is 338 g/mol. The molecule has 0 saturated carbocycles. The monoisotopic (exact) mass is 337 g/mol. The van der Waals surface area contributed by atoms with Crippen LogP contribution < -0.4 is 0 Å². The molecular formula is C18H10BrS+. The predicted molar refractivity (Wildman–Crippen MR) is 91.7 cm³/mol. The number of allylic oxidation sites excluding steroid dienone is 2. The van der Waals surface area contributed by atoms with E-state index in [1.165, 1.54) is 31.7 Å². The molecule has 20 heavy (non-hydrogen) atoms. The molecular weight excluding hydrogens is 328 g/mol. The van der Waals surface area contributed by atoms with Gasteiger partial charge < -0.3 is 0 Å². The fraction of sp³-hybridized carbons (Fsp3) is 0. The lowest BCUT2D eigenvalue weighted by Gasteiger charge is -2.03. The van der Waals surface area contributed by atoms with Gasteiger partial charge in [0.25, 0.3) is 0 Å². The maximum absolute atomic E-state index is 3.56. The van der Waals surface area contributed by atoms with E-state index < -0.39 is 0 Å². The van der Waals surface area contributed by atoms with Crippen molar-refractivity contribution in [1.82, 2.24) is 0 Å². The van der Waals surface area contributed by atoms with Crippen molar-refractivity contribution in [2.75, 3.05) is 0 Å². The summed E-state index contributed by atoms with van der Waals surface area (Å²) >= 11 is 5.40. The molecule has 0 atom stereocenters. The molecule has 0 bridgehead atoms. The summed E-state index contributed by atoms with van der Waals surface area (Å²) in [4.78, 5) is 1.30. The highest BCUT2D eigenvalue weighted by atomic mass is 79.9. The molecule has 1 aliphatic rings. The number of hydrogen-bond donors (Lipinski definition) is 0. The van der Waals surface area contributed by atoms with Gasteiger partial charge in [0.05, 0.1) is 10.8 Å². The third-order valence-corrected chi connectivity index (χ3v) is 5.17. The Morgan fingerprint density at radius 3 is 2.85 bits per heavy atom. The lowest BCUT2D eigenvalue weighted by molar-refractivity contribution is 1.63. The Kier molecular flexibility index (Phi) is 2.82. The second kappa shape index (κ2) is 4.68. The lowest BCUT2D eigenvalue weighted by Crippen LogP contribution is -1.79. The quantitative estimate of drug-likeness (QED) is 0.465. The first kappa shape index (κ1) is 12.0. The van der Waals surface area contributed by atoms with E-state index in [0.717, 1.165) is 4.47 Å². The summed E-state index contributed by atoms with van der Waals surface area (Å²) in [6.45, 7) is 0. The van der Waals surface area contributed by atoms with Crippen LogP contribution in [-0.2, 0) is 0 Å². The second-order valence-electron chi connectivity index (χ2n) is 4.72. The molecule has 1 heterocycles. The molecule has 0 aliphatic heterocycles. The molecule has 0 unspecified atom stereocenters. The number of halogens is 1. The SMILES string of the molecule is Brc1cccc(-c2cccc3c4c(sc23)C=[C+]C=C4)c1. The first-order valence-electron chi connectivity index (χ1n) is 6.40. The van der Waals surface area contributed by atoms with Gasteiger partial charge in [-0.1, -0.05) is 57.6 Å². The third-order valence-electron chi connectivity index (χ3n) is 3.48. The molecule has 0 nitrogen and oxygen atoms in total. The first-order valence-corrected chi connectivity index (χ1v) is 8.01. The van der Waals surface area contributed by atoms with Crippen molar-refractivity contribution < 1.29 is 0 Å². The van der Waals surface area contributed by atoms with Crippen LogP contribution in [0.1, 0.15) is 10.4 Å². The van der Waals surface area contributed by atoms with E-state index in [9.17, 15) is 0 Å². The number of benzene rings is 2. The maximum atomic E-state index is 3.56. The van der Waals surface area contributed by atoms with Crippen molar-refractivity contribution in [3.8, 4) is 11.1 Å². The van der Waals surface area contributed by atoms with Gasteiger partial charge >= 0.3 is 0 Å². The molecule has 0 radical (unpaired) electrons. The molecule has 2 heteroatoms. The Hall–Kier alpha value is -1.73. The maximum Gasteiger partial charge on any atom is 0.148 e. The molecule has 0 fully saturated rings. The van der Waals surface area contributed by atoms with Crippen LogP contribution in [0.15, 0.2) is 53.0 Å². The average Bonchev–Trinajstić information content (AvgIpc) is 2.86. The highest BCUT2D eigenvalue weighted by Gasteiger charge is 2.19. The van der Waals surface area contributed by atoms with Gasteiger partial charge in [0, 0.05) is 21.5 Å². The Bertz CT molecular complexity index is 868. The molecule has 0 N–H and O–H groups in total. The molecule has 1 aromatic heterocycles. The second-order valence-corrected chi connectivity index (χ2v) is 6.68. The van der Waals surface area contributed by atoms with Crippen LogP contribution >= 0.6 is 27.3 Å². The highest BCUT2D eigenvalue weighted by molar-refractivity contribution is 9.10. The minimum atomic E-state index is 1.11. The van der Waals surface area contributed by atoms with Gasteiger partial charge in [0.2, 0.25) is 0 Å². The number of thiophene rings is 1. The normalized spacial score (nSPS) is 12.4. The minimum Gasteiger partial charge on any atom is -0.0644 e. The number of hydrogen-bond acceptors (Lipinski definition) is 1. The van der Waals surface area contributed by atoms with Crippen LogP contribution in [0.2, 0.25) is 0 Å². The van der Waals surface area contributed by atoms with E-state index in [0.29, 0.717) is 0 Å². The van der Waals surface area contributed by atoms with Crippen molar-refractivity contribution in [3.63, 3.8) is 0 Å². The van der Waals surface area contributed by atoms with Crippen molar-refractivity contribution in [1.29, 1.82) is 0 Å². The topological polar surface area (TPSA) is 0 Å². The van der Waals surface area contributed by atoms with Crippen LogP contribution in [-0.4, -0.2) is 0 Å². The zero-order valence-electron chi connectivity index (χ0n) is 10.6. The van der Waals surface area contributed by atoms with E-state index >= 15 is 0 Å². The molecule has 0 spiro atoms. The van der Waals surface area contributed by atoms with Crippen molar-refractivity contribution in [3.05, 3.63) is 69.5 Å². The number of rotatable bonds is 1. The van der Waals surface area contributed by atoms with Crippen LogP contribution in [0, 0.1) is 6.08 Å². The Morgan fingerprint density at radius 1 is 1.05 bits per heavy atom. The zero-order chi connectivity index (χ0) is 13.5. The zero-order valence-corrected chi connectivity index (χ0v) is 13.0. The highest BCUT2D eigenvalue weighted by Crippen LogP contribution is 2.40. The van der Waals surface area contributed by atoms with Crippen LogP contribution in [0.3, 0.4) is 0 Å². The molecule has 1 aliphatic carbocycles. The molecule has 0 saturated heterocycles. The summed E-state index contributed by atoms with van der Waals surface area (Å²) in [6, 6.07) is 15.0. The van der Waals surface area contributed by atoms with E-state index in [1.54, 1.807) is 0 Å². The Morgan fingerprint density at radius 2 is 1.95 bits per heavy atom.